The van der Waals surface area contributed by atoms with Crippen LogP contribution in [0.3, 0.4) is 0 Å². The zero-order valence-corrected chi connectivity index (χ0v) is 7.40. The molecule has 0 radical (unpaired) electrons. The fraction of sp³-hybridized carbons (Fsp3) is 1.00. The molecule has 5 nitrogen and oxygen atoms in total. The van der Waals surface area contributed by atoms with Gasteiger partial charge in [0.25, 0.3) is 0 Å². The molecule has 0 atom stereocenters. The molecule has 5 heteroatoms. The second-order valence-corrected chi connectivity index (χ2v) is 2.17. The van der Waals surface area contributed by atoms with Crippen molar-refractivity contribution in [3.8, 4) is 0 Å². The van der Waals surface area contributed by atoms with Crippen LogP contribution in [0.15, 0.2) is 0 Å². The van der Waals surface area contributed by atoms with Crippen molar-refractivity contribution in [3.05, 3.63) is 0 Å². The second kappa shape index (κ2) is 8.89. The molecule has 0 aromatic rings. The highest BCUT2D eigenvalue weighted by Crippen LogP contribution is 1.93. The predicted molar refractivity (Wildman–Crippen MR) is 43.1 cm³/mol. The highest BCUT2D eigenvalue weighted by atomic mass is 16.9. The van der Waals surface area contributed by atoms with E-state index in [0.29, 0.717) is 6.54 Å². The van der Waals surface area contributed by atoms with Crippen molar-refractivity contribution in [2.45, 2.75) is 13.3 Å². The van der Waals surface area contributed by atoms with E-state index in [1.54, 1.807) is 0 Å². The Labute approximate surface area is 72.4 Å². The molecule has 0 aliphatic rings. The number of nitrogens with zero attached hydrogens (tertiary/aromatic N) is 1. The van der Waals surface area contributed by atoms with E-state index in [9.17, 15) is 0 Å². The Kier molecular flexibility index (Phi) is 8.74. The summed E-state index contributed by atoms with van der Waals surface area (Å²) in [5.74, 6) is 0. The Balaban J connectivity index is 3.40. The van der Waals surface area contributed by atoms with Crippen molar-refractivity contribution in [1.82, 2.24) is 5.23 Å². The van der Waals surface area contributed by atoms with Gasteiger partial charge in [-0.25, -0.2) is 0 Å². The number of hydrogen-bond donors (Lipinski definition) is 2. The quantitative estimate of drug-likeness (QED) is 0.494. The summed E-state index contributed by atoms with van der Waals surface area (Å²) in [4.78, 5) is 9.97. The maximum Gasteiger partial charge on any atom is 0.0942 e. The molecule has 0 bridgehead atoms. The maximum absolute atomic E-state index is 8.45. The van der Waals surface area contributed by atoms with E-state index in [4.69, 9.17) is 19.9 Å². The molecule has 0 saturated carbocycles. The lowest BCUT2D eigenvalue weighted by atomic mass is 10.5. The highest BCUT2D eigenvalue weighted by Gasteiger charge is 2.02. The molecule has 0 aromatic carbocycles. The van der Waals surface area contributed by atoms with Crippen LogP contribution in [-0.2, 0) is 9.68 Å². The molecule has 0 aliphatic heterocycles. The van der Waals surface area contributed by atoms with E-state index in [1.807, 2.05) is 6.92 Å². The molecule has 0 heterocycles. The van der Waals surface area contributed by atoms with Crippen molar-refractivity contribution in [1.29, 1.82) is 0 Å². The third-order valence-corrected chi connectivity index (χ3v) is 1.06. The van der Waals surface area contributed by atoms with E-state index in [2.05, 4.69) is 0 Å². The first-order valence-corrected chi connectivity index (χ1v) is 4.10. The summed E-state index contributed by atoms with van der Waals surface area (Å²) in [6.45, 7) is 2.96. The average molecular weight is 179 g/mol. The summed E-state index contributed by atoms with van der Waals surface area (Å²) in [5.41, 5.74) is 0. The minimum Gasteiger partial charge on any atom is -0.394 e. The summed E-state index contributed by atoms with van der Waals surface area (Å²) in [5, 5.41) is 18.2. The fourth-order valence-electron chi connectivity index (χ4n) is 0.634. The minimum absolute atomic E-state index is 0.0390. The Bertz CT molecular complexity index is 83.5. The molecule has 0 aliphatic carbocycles. The van der Waals surface area contributed by atoms with Gasteiger partial charge in [-0.3, -0.25) is 9.68 Å². The van der Waals surface area contributed by atoms with Gasteiger partial charge in [0.05, 0.1) is 33.0 Å². The molecule has 0 aromatic heterocycles. The Morgan fingerprint density at radius 3 is 1.92 bits per heavy atom. The van der Waals surface area contributed by atoms with Crippen molar-refractivity contribution in [3.63, 3.8) is 0 Å². The van der Waals surface area contributed by atoms with Gasteiger partial charge < -0.3 is 10.2 Å². The third kappa shape index (κ3) is 6.51. The van der Waals surface area contributed by atoms with Crippen molar-refractivity contribution < 1.29 is 19.9 Å². The SMILES string of the molecule is CCCN(OCCO)OCCO. The molecule has 0 fully saturated rings. The van der Waals surface area contributed by atoms with Gasteiger partial charge in [0.2, 0.25) is 0 Å². The summed E-state index contributed by atoms with van der Waals surface area (Å²) in [6, 6.07) is 0. The molecule has 0 unspecified atom stereocenters. The lowest BCUT2D eigenvalue weighted by molar-refractivity contribution is -0.371. The normalized spacial score (nSPS) is 11.0. The van der Waals surface area contributed by atoms with Crippen LogP contribution >= 0.6 is 0 Å². The van der Waals surface area contributed by atoms with Gasteiger partial charge in [-0.05, 0) is 6.42 Å². The first kappa shape index (κ1) is 11.8. The molecular formula is C7H17NO4. The van der Waals surface area contributed by atoms with Crippen LogP contribution in [0.1, 0.15) is 13.3 Å². The monoisotopic (exact) mass is 179 g/mol. The summed E-state index contributed by atoms with van der Waals surface area (Å²) >= 11 is 0. The van der Waals surface area contributed by atoms with Crippen LogP contribution < -0.4 is 0 Å². The first-order valence-electron chi connectivity index (χ1n) is 4.10. The predicted octanol–water partition coefficient (Wildman–Crippen LogP) is -0.454. The fourth-order valence-corrected chi connectivity index (χ4v) is 0.634. The third-order valence-electron chi connectivity index (χ3n) is 1.06. The van der Waals surface area contributed by atoms with Gasteiger partial charge in [0.1, 0.15) is 0 Å². The van der Waals surface area contributed by atoms with Crippen LogP contribution in [0, 0.1) is 0 Å². The molecule has 2 N–H and O–H groups in total. The Morgan fingerprint density at radius 2 is 1.58 bits per heavy atom. The number of hydroxylamine groups is 2. The standard InChI is InChI=1S/C7H17NO4/c1-2-3-8(11-6-4-9)12-7-5-10/h9-10H,2-7H2,1H3. The molecule has 12 heavy (non-hydrogen) atoms. The van der Waals surface area contributed by atoms with Crippen molar-refractivity contribution in [2.24, 2.45) is 0 Å². The number of rotatable bonds is 8. The van der Waals surface area contributed by atoms with Gasteiger partial charge >= 0.3 is 0 Å². The van der Waals surface area contributed by atoms with Crippen LogP contribution in [0.4, 0.5) is 0 Å². The van der Waals surface area contributed by atoms with Crippen molar-refractivity contribution >= 4 is 0 Å². The molecular weight excluding hydrogens is 162 g/mol. The van der Waals surface area contributed by atoms with Gasteiger partial charge in [-0.2, -0.15) is 0 Å². The largest absolute Gasteiger partial charge is 0.394 e. The van der Waals surface area contributed by atoms with Gasteiger partial charge in [0, 0.05) is 0 Å². The molecule has 74 valence electrons. The van der Waals surface area contributed by atoms with Crippen LogP contribution in [-0.4, -0.2) is 48.4 Å². The lowest BCUT2D eigenvalue weighted by Gasteiger charge is -2.19. The maximum atomic E-state index is 8.45. The molecule has 0 amide bonds. The van der Waals surface area contributed by atoms with Crippen molar-refractivity contribution in [2.75, 3.05) is 33.0 Å². The Hall–Kier alpha value is -0.200. The number of aliphatic hydroxyl groups is 2. The van der Waals surface area contributed by atoms with Crippen LogP contribution in [0.5, 0.6) is 0 Å². The molecule has 0 saturated heterocycles. The number of aliphatic hydroxyl groups excluding tert-OH is 2. The number of hydrogen-bond acceptors (Lipinski definition) is 5. The van der Waals surface area contributed by atoms with E-state index >= 15 is 0 Å². The van der Waals surface area contributed by atoms with Gasteiger partial charge in [0.15, 0.2) is 0 Å². The van der Waals surface area contributed by atoms with E-state index in [1.165, 1.54) is 5.23 Å². The van der Waals surface area contributed by atoms with E-state index in [-0.39, 0.29) is 26.4 Å². The minimum atomic E-state index is -0.0390. The van der Waals surface area contributed by atoms with Gasteiger partial charge in [-0.1, -0.05) is 12.2 Å². The van der Waals surface area contributed by atoms with Crippen LogP contribution in [0.2, 0.25) is 0 Å². The molecule has 0 spiro atoms. The topological polar surface area (TPSA) is 62.2 Å². The van der Waals surface area contributed by atoms with E-state index in [0.717, 1.165) is 6.42 Å². The highest BCUT2D eigenvalue weighted by molar-refractivity contribution is 4.30. The zero-order chi connectivity index (χ0) is 9.23. The smallest absolute Gasteiger partial charge is 0.0942 e. The summed E-state index contributed by atoms with van der Waals surface area (Å²) in [7, 11) is 0. The summed E-state index contributed by atoms with van der Waals surface area (Å²) < 4.78 is 0. The average Bonchev–Trinajstić information content (AvgIpc) is 2.10. The first-order chi connectivity index (χ1) is 5.85. The van der Waals surface area contributed by atoms with Crippen LogP contribution in [0.25, 0.3) is 0 Å². The molecule has 0 rings (SSSR count). The summed E-state index contributed by atoms with van der Waals surface area (Å²) in [6.07, 6.45) is 0.886. The second-order valence-electron chi connectivity index (χ2n) is 2.17. The lowest BCUT2D eigenvalue weighted by Crippen LogP contribution is -2.28. The Morgan fingerprint density at radius 1 is 1.08 bits per heavy atom. The van der Waals surface area contributed by atoms with Gasteiger partial charge in [-0.15, -0.1) is 0 Å². The zero-order valence-electron chi connectivity index (χ0n) is 7.40. The van der Waals surface area contributed by atoms with E-state index < -0.39 is 0 Å².